The average Bonchev–Trinajstić information content (AvgIpc) is 2.75. The van der Waals surface area contributed by atoms with E-state index in [2.05, 4.69) is 22.6 Å². The minimum atomic E-state index is -4.76. The molecule has 2 heterocycles. The fourth-order valence-corrected chi connectivity index (χ4v) is 6.66. The maximum absolute atomic E-state index is 13.3. The van der Waals surface area contributed by atoms with Crippen molar-refractivity contribution >= 4 is 38.6 Å². The summed E-state index contributed by atoms with van der Waals surface area (Å²) in [5.74, 6) is -0.621. The van der Waals surface area contributed by atoms with Gasteiger partial charge in [-0.2, -0.15) is 17.5 Å². The number of carbonyl (C=O) groups is 1. The van der Waals surface area contributed by atoms with E-state index in [1.54, 1.807) is 0 Å². The summed E-state index contributed by atoms with van der Waals surface area (Å²) < 4.78 is 73.4. The van der Waals surface area contributed by atoms with Crippen molar-refractivity contribution in [2.75, 3.05) is 13.1 Å². The van der Waals surface area contributed by atoms with Crippen molar-refractivity contribution in [2.24, 2.45) is 5.92 Å². The van der Waals surface area contributed by atoms with E-state index < -0.39 is 32.6 Å². The Morgan fingerprint density at radius 1 is 1.09 bits per heavy atom. The molecule has 2 aliphatic heterocycles. The molecule has 0 N–H and O–H groups in total. The number of ether oxygens (including phenoxy) is 1. The summed E-state index contributed by atoms with van der Waals surface area (Å²) in [7, 11) is -4.28. The van der Waals surface area contributed by atoms with E-state index in [0.717, 1.165) is 31.1 Å². The number of nitrogens with zero attached hydrogens (tertiary/aromatic N) is 1. The van der Waals surface area contributed by atoms with Gasteiger partial charge in [-0.25, -0.2) is 8.42 Å². The van der Waals surface area contributed by atoms with Gasteiger partial charge in [0.2, 0.25) is 10.0 Å². The number of halogens is 4. The highest BCUT2D eigenvalue weighted by Gasteiger charge is 2.40. The van der Waals surface area contributed by atoms with Crippen molar-refractivity contribution in [1.82, 2.24) is 4.31 Å². The number of carbonyl (C=O) groups excluding carboxylic acids is 1. The Balaban J connectivity index is 1.47. The predicted octanol–water partition coefficient (Wildman–Crippen LogP) is 4.94. The molecule has 0 bridgehead atoms. The van der Waals surface area contributed by atoms with Gasteiger partial charge in [0.1, 0.15) is 6.61 Å². The lowest BCUT2D eigenvalue weighted by molar-refractivity contribution is -0.149. The minimum absolute atomic E-state index is 0.0714. The van der Waals surface area contributed by atoms with Crippen LogP contribution < -0.4 is 0 Å². The van der Waals surface area contributed by atoms with Gasteiger partial charge in [0.15, 0.2) is 0 Å². The van der Waals surface area contributed by atoms with Crippen molar-refractivity contribution in [2.45, 2.75) is 42.9 Å². The summed E-state index contributed by atoms with van der Waals surface area (Å²) in [6, 6.07) is 10.1. The average molecular weight is 579 g/mol. The van der Waals surface area contributed by atoms with E-state index in [0.29, 0.717) is 19.3 Å². The zero-order chi connectivity index (χ0) is 23.1. The lowest BCUT2D eigenvalue weighted by Gasteiger charge is -2.34. The van der Waals surface area contributed by atoms with E-state index in [1.165, 1.54) is 12.1 Å². The molecule has 0 aliphatic carbocycles. The third-order valence-electron chi connectivity index (χ3n) is 6.09. The first-order valence-electron chi connectivity index (χ1n) is 10.2. The van der Waals surface area contributed by atoms with Crippen LogP contribution in [0.2, 0.25) is 0 Å². The summed E-state index contributed by atoms with van der Waals surface area (Å²) >= 11 is 2.20. The van der Waals surface area contributed by atoms with Crippen LogP contribution in [-0.2, 0) is 32.3 Å². The van der Waals surface area contributed by atoms with Crippen LogP contribution in [0.1, 0.15) is 41.9 Å². The molecule has 10 heteroatoms. The molecule has 2 aliphatic rings. The molecule has 172 valence electrons. The first kappa shape index (κ1) is 23.5. The Morgan fingerprint density at radius 2 is 1.78 bits per heavy atom. The second kappa shape index (κ2) is 8.94. The fourth-order valence-electron chi connectivity index (χ4n) is 4.42. The quantitative estimate of drug-likeness (QED) is 0.381. The third-order valence-corrected chi connectivity index (χ3v) is 8.72. The van der Waals surface area contributed by atoms with E-state index in [4.69, 9.17) is 4.74 Å². The molecule has 1 atom stereocenters. The molecule has 32 heavy (non-hydrogen) atoms. The molecule has 1 saturated heterocycles. The van der Waals surface area contributed by atoms with Crippen LogP contribution in [0.25, 0.3) is 0 Å². The maximum atomic E-state index is 13.3. The molecule has 0 aromatic heterocycles. The number of fused-ring (bicyclic) bond motifs is 1. The highest BCUT2D eigenvalue weighted by molar-refractivity contribution is 14.1. The standard InChI is InChI=1S/C22H21F3INO4S/c23-22(24,25)19-3-1-2-4-20(19)32(29,30)27-9-7-14(8-10-27)11-18-17-6-5-16(26)12-15(17)13-31-21(18)28/h1-6,12,14,18H,7-11,13H2/t18-/m0/s1. The van der Waals surface area contributed by atoms with Crippen LogP contribution in [0.5, 0.6) is 0 Å². The van der Waals surface area contributed by atoms with Crippen LogP contribution in [0.15, 0.2) is 47.4 Å². The SMILES string of the molecule is O=C1OCc2cc(I)ccc2[C@@H]1CC1CCN(S(=O)(=O)c2ccccc2C(F)(F)F)CC1. The van der Waals surface area contributed by atoms with E-state index in [9.17, 15) is 26.4 Å². The molecular formula is C22H21F3INO4S. The molecule has 5 nitrogen and oxygen atoms in total. The summed E-state index contributed by atoms with van der Waals surface area (Å²) in [6.45, 7) is 0.470. The van der Waals surface area contributed by atoms with E-state index in [1.807, 2.05) is 18.2 Å². The minimum Gasteiger partial charge on any atom is -0.460 e. The van der Waals surface area contributed by atoms with Gasteiger partial charge in [-0.3, -0.25) is 4.79 Å². The van der Waals surface area contributed by atoms with Crippen LogP contribution in [0, 0.1) is 9.49 Å². The Kier molecular flexibility index (Phi) is 6.56. The van der Waals surface area contributed by atoms with Gasteiger partial charge in [0, 0.05) is 16.7 Å². The number of benzene rings is 2. The van der Waals surface area contributed by atoms with Crippen LogP contribution in [0.4, 0.5) is 13.2 Å². The number of hydrogen-bond acceptors (Lipinski definition) is 4. The van der Waals surface area contributed by atoms with Crippen molar-refractivity contribution in [3.63, 3.8) is 0 Å². The summed E-state index contributed by atoms with van der Waals surface area (Å²) in [5, 5.41) is 0. The number of rotatable bonds is 4. The van der Waals surface area contributed by atoms with Crippen LogP contribution in [-0.4, -0.2) is 31.8 Å². The zero-order valence-electron chi connectivity index (χ0n) is 16.9. The van der Waals surface area contributed by atoms with Gasteiger partial charge in [-0.05, 0) is 83.2 Å². The number of piperidine rings is 1. The Hall–Kier alpha value is -1.66. The Bertz CT molecular complexity index is 1130. The van der Waals surface area contributed by atoms with Crippen LogP contribution in [0.3, 0.4) is 0 Å². The summed E-state index contributed by atoms with van der Waals surface area (Å²) in [4.78, 5) is 11.7. The first-order valence-corrected chi connectivity index (χ1v) is 12.7. The maximum Gasteiger partial charge on any atom is 0.417 e. The fraction of sp³-hybridized carbons (Fsp3) is 0.409. The zero-order valence-corrected chi connectivity index (χ0v) is 19.9. The Labute approximate surface area is 198 Å². The number of hydrogen-bond donors (Lipinski definition) is 0. The lowest BCUT2D eigenvalue weighted by Crippen LogP contribution is -2.40. The molecule has 0 saturated carbocycles. The molecule has 2 aromatic carbocycles. The molecule has 0 spiro atoms. The topological polar surface area (TPSA) is 63.7 Å². The largest absolute Gasteiger partial charge is 0.460 e. The van der Waals surface area contributed by atoms with E-state index >= 15 is 0 Å². The second-order valence-corrected chi connectivity index (χ2v) is 11.2. The highest BCUT2D eigenvalue weighted by atomic mass is 127. The van der Waals surface area contributed by atoms with Crippen LogP contribution >= 0.6 is 22.6 Å². The monoisotopic (exact) mass is 579 g/mol. The molecule has 0 amide bonds. The van der Waals surface area contributed by atoms with Crippen molar-refractivity contribution in [1.29, 1.82) is 0 Å². The van der Waals surface area contributed by atoms with E-state index in [-0.39, 0.29) is 31.6 Å². The van der Waals surface area contributed by atoms with Gasteiger partial charge in [0.05, 0.1) is 16.4 Å². The number of sulfonamides is 1. The Morgan fingerprint density at radius 3 is 2.47 bits per heavy atom. The summed E-state index contributed by atoms with van der Waals surface area (Å²) in [5.41, 5.74) is 0.763. The molecule has 0 unspecified atom stereocenters. The number of cyclic esters (lactones) is 1. The predicted molar refractivity (Wildman–Crippen MR) is 119 cm³/mol. The first-order chi connectivity index (χ1) is 15.1. The van der Waals surface area contributed by atoms with Gasteiger partial charge in [0.25, 0.3) is 0 Å². The lowest BCUT2D eigenvalue weighted by atomic mass is 9.82. The number of esters is 1. The summed E-state index contributed by atoms with van der Waals surface area (Å²) in [6.07, 6.45) is -3.29. The smallest absolute Gasteiger partial charge is 0.417 e. The molecule has 0 radical (unpaired) electrons. The molecule has 4 rings (SSSR count). The van der Waals surface area contributed by atoms with Gasteiger partial charge >= 0.3 is 12.1 Å². The van der Waals surface area contributed by atoms with Gasteiger partial charge in [-0.15, -0.1) is 0 Å². The molecule has 2 aromatic rings. The normalized spacial score (nSPS) is 20.6. The van der Waals surface area contributed by atoms with Crippen molar-refractivity contribution < 1.29 is 31.1 Å². The van der Waals surface area contributed by atoms with Gasteiger partial charge in [-0.1, -0.05) is 18.2 Å². The highest BCUT2D eigenvalue weighted by Crippen LogP contribution is 2.39. The second-order valence-electron chi connectivity index (χ2n) is 8.08. The molecule has 1 fully saturated rings. The van der Waals surface area contributed by atoms with Crippen molar-refractivity contribution in [3.05, 3.63) is 62.7 Å². The van der Waals surface area contributed by atoms with Crippen molar-refractivity contribution in [3.8, 4) is 0 Å². The third kappa shape index (κ3) is 4.67. The molecular weight excluding hydrogens is 558 g/mol. The number of alkyl halides is 3. The van der Waals surface area contributed by atoms with Gasteiger partial charge < -0.3 is 4.74 Å².